The molecule has 1 aromatic carbocycles. The summed E-state index contributed by atoms with van der Waals surface area (Å²) in [6, 6.07) is 6.13. The maximum atomic E-state index is 12.7. The molecule has 0 saturated carbocycles. The minimum absolute atomic E-state index is 0.0193. The molecule has 5 nitrogen and oxygen atoms in total. The number of nitrogens with one attached hydrogen (secondary N) is 2. The summed E-state index contributed by atoms with van der Waals surface area (Å²) in [5.41, 5.74) is 2.65. The Labute approximate surface area is 144 Å². The SMILES string of the molecule is Cc1c(NC(C)C(C)C)cccc1C(=O)NC1CCC(=O)N(C)C1. The van der Waals surface area contributed by atoms with Crippen LogP contribution >= 0.6 is 0 Å². The van der Waals surface area contributed by atoms with Gasteiger partial charge in [0, 0.05) is 43.3 Å². The first-order valence-corrected chi connectivity index (χ1v) is 8.70. The average Bonchev–Trinajstić information content (AvgIpc) is 2.52. The van der Waals surface area contributed by atoms with Crippen LogP contribution in [0.2, 0.25) is 0 Å². The highest BCUT2D eigenvalue weighted by Gasteiger charge is 2.25. The zero-order valence-corrected chi connectivity index (χ0v) is 15.3. The van der Waals surface area contributed by atoms with Gasteiger partial charge >= 0.3 is 0 Å². The standard InChI is InChI=1S/C19H29N3O2/c1-12(2)14(4)20-17-8-6-7-16(13(17)3)19(24)21-15-9-10-18(23)22(5)11-15/h6-8,12,14-15,20H,9-11H2,1-5H3,(H,21,24). The summed E-state index contributed by atoms with van der Waals surface area (Å²) >= 11 is 0. The molecule has 132 valence electrons. The third-order valence-corrected chi connectivity index (χ3v) is 4.92. The van der Waals surface area contributed by atoms with E-state index in [4.69, 9.17) is 0 Å². The number of nitrogens with zero attached hydrogens (tertiary/aromatic N) is 1. The van der Waals surface area contributed by atoms with Crippen molar-refractivity contribution in [3.8, 4) is 0 Å². The summed E-state index contributed by atoms with van der Waals surface area (Å²) in [5.74, 6) is 0.587. The number of likely N-dealkylation sites (N-methyl/N-ethyl adjacent to an activating group) is 1. The predicted molar refractivity (Wildman–Crippen MR) is 97.2 cm³/mol. The van der Waals surface area contributed by atoms with Crippen LogP contribution in [0.1, 0.15) is 49.5 Å². The van der Waals surface area contributed by atoms with Crippen molar-refractivity contribution in [2.24, 2.45) is 5.92 Å². The van der Waals surface area contributed by atoms with Gasteiger partial charge in [-0.1, -0.05) is 19.9 Å². The van der Waals surface area contributed by atoms with Crippen LogP contribution in [0.5, 0.6) is 0 Å². The Morgan fingerprint density at radius 2 is 2.00 bits per heavy atom. The van der Waals surface area contributed by atoms with Crippen molar-refractivity contribution in [3.05, 3.63) is 29.3 Å². The maximum absolute atomic E-state index is 12.7. The van der Waals surface area contributed by atoms with E-state index in [1.807, 2.05) is 25.1 Å². The number of rotatable bonds is 5. The van der Waals surface area contributed by atoms with Crippen molar-refractivity contribution >= 4 is 17.5 Å². The van der Waals surface area contributed by atoms with Crippen LogP contribution in [0.15, 0.2) is 18.2 Å². The van der Waals surface area contributed by atoms with Crippen molar-refractivity contribution in [3.63, 3.8) is 0 Å². The molecule has 2 atom stereocenters. The number of hydrogen-bond donors (Lipinski definition) is 2. The highest BCUT2D eigenvalue weighted by molar-refractivity contribution is 5.97. The zero-order chi connectivity index (χ0) is 17.9. The van der Waals surface area contributed by atoms with Crippen LogP contribution in [0.4, 0.5) is 5.69 Å². The Balaban J connectivity index is 2.08. The number of carbonyl (C=O) groups is 2. The van der Waals surface area contributed by atoms with E-state index in [0.717, 1.165) is 11.3 Å². The summed E-state index contributed by atoms with van der Waals surface area (Å²) in [5, 5.41) is 6.56. The van der Waals surface area contributed by atoms with Gasteiger partial charge in [-0.2, -0.15) is 0 Å². The molecule has 1 aromatic rings. The number of likely N-dealkylation sites (tertiary alicyclic amines) is 1. The normalized spacial score (nSPS) is 19.3. The van der Waals surface area contributed by atoms with Crippen LogP contribution in [0, 0.1) is 12.8 Å². The van der Waals surface area contributed by atoms with Crippen LogP contribution < -0.4 is 10.6 Å². The minimum atomic E-state index is -0.0684. The Morgan fingerprint density at radius 1 is 1.29 bits per heavy atom. The molecule has 5 heteroatoms. The number of anilines is 1. The van der Waals surface area contributed by atoms with Gasteiger partial charge in [0.1, 0.15) is 0 Å². The van der Waals surface area contributed by atoms with Gasteiger partial charge in [-0.15, -0.1) is 0 Å². The lowest BCUT2D eigenvalue weighted by molar-refractivity contribution is -0.132. The van der Waals surface area contributed by atoms with Crippen molar-refractivity contribution in [1.29, 1.82) is 0 Å². The van der Waals surface area contributed by atoms with Crippen molar-refractivity contribution < 1.29 is 9.59 Å². The fourth-order valence-corrected chi connectivity index (χ4v) is 2.84. The second-order valence-corrected chi connectivity index (χ2v) is 7.14. The molecule has 0 aromatic heterocycles. The van der Waals surface area contributed by atoms with Crippen LogP contribution in [-0.4, -0.2) is 42.4 Å². The van der Waals surface area contributed by atoms with E-state index in [1.54, 1.807) is 11.9 Å². The lowest BCUT2D eigenvalue weighted by atomic mass is 10.0. The minimum Gasteiger partial charge on any atom is -0.382 e. The third-order valence-electron chi connectivity index (χ3n) is 4.92. The molecule has 1 fully saturated rings. The van der Waals surface area contributed by atoms with Crippen molar-refractivity contribution in [2.75, 3.05) is 18.9 Å². The van der Waals surface area contributed by atoms with Crippen molar-refractivity contribution in [2.45, 2.75) is 52.6 Å². The molecule has 2 amide bonds. The first-order valence-electron chi connectivity index (χ1n) is 8.70. The number of benzene rings is 1. The topological polar surface area (TPSA) is 61.4 Å². The van der Waals surface area contributed by atoms with Gasteiger partial charge in [0.25, 0.3) is 5.91 Å². The smallest absolute Gasteiger partial charge is 0.251 e. The second kappa shape index (κ2) is 7.69. The zero-order valence-electron chi connectivity index (χ0n) is 15.3. The molecule has 2 rings (SSSR count). The monoisotopic (exact) mass is 331 g/mol. The van der Waals surface area contributed by atoms with E-state index in [0.29, 0.717) is 36.9 Å². The first kappa shape index (κ1) is 18.3. The Morgan fingerprint density at radius 3 is 2.62 bits per heavy atom. The molecule has 0 radical (unpaired) electrons. The van der Waals surface area contributed by atoms with Crippen LogP contribution in [0.3, 0.4) is 0 Å². The van der Waals surface area contributed by atoms with Crippen LogP contribution in [0.25, 0.3) is 0 Å². The molecular weight excluding hydrogens is 302 g/mol. The first-order chi connectivity index (χ1) is 11.3. The average molecular weight is 331 g/mol. The number of carbonyl (C=O) groups excluding carboxylic acids is 2. The Bertz CT molecular complexity index is 613. The van der Waals surface area contributed by atoms with E-state index in [9.17, 15) is 9.59 Å². The Hall–Kier alpha value is -2.04. The van der Waals surface area contributed by atoms with E-state index in [2.05, 4.69) is 31.4 Å². The lowest BCUT2D eigenvalue weighted by Gasteiger charge is -2.30. The molecule has 2 unspecified atom stereocenters. The second-order valence-electron chi connectivity index (χ2n) is 7.14. The molecule has 0 bridgehead atoms. The molecule has 0 spiro atoms. The summed E-state index contributed by atoms with van der Waals surface area (Å²) in [6.45, 7) is 9.04. The fraction of sp³-hybridized carbons (Fsp3) is 0.579. The quantitative estimate of drug-likeness (QED) is 0.872. The number of amides is 2. The van der Waals surface area contributed by atoms with E-state index in [-0.39, 0.29) is 17.9 Å². The number of piperidine rings is 1. The molecule has 1 aliphatic rings. The van der Waals surface area contributed by atoms with Gasteiger partial charge in [-0.25, -0.2) is 0 Å². The molecule has 1 saturated heterocycles. The highest BCUT2D eigenvalue weighted by atomic mass is 16.2. The van der Waals surface area contributed by atoms with Gasteiger partial charge in [0.05, 0.1) is 0 Å². The maximum Gasteiger partial charge on any atom is 0.251 e. The van der Waals surface area contributed by atoms with E-state index >= 15 is 0 Å². The van der Waals surface area contributed by atoms with E-state index in [1.165, 1.54) is 0 Å². The molecular formula is C19H29N3O2. The third kappa shape index (κ3) is 4.28. The molecule has 1 heterocycles. The van der Waals surface area contributed by atoms with Gasteiger partial charge < -0.3 is 15.5 Å². The fourth-order valence-electron chi connectivity index (χ4n) is 2.84. The largest absolute Gasteiger partial charge is 0.382 e. The predicted octanol–water partition coefficient (Wildman–Crippen LogP) is 2.80. The number of hydrogen-bond acceptors (Lipinski definition) is 3. The van der Waals surface area contributed by atoms with Gasteiger partial charge in [-0.05, 0) is 43.9 Å². The molecule has 1 aliphatic heterocycles. The van der Waals surface area contributed by atoms with Gasteiger partial charge in [-0.3, -0.25) is 9.59 Å². The summed E-state index contributed by atoms with van der Waals surface area (Å²) < 4.78 is 0. The summed E-state index contributed by atoms with van der Waals surface area (Å²) in [7, 11) is 1.78. The Kier molecular flexibility index (Phi) is 5.86. The summed E-state index contributed by atoms with van der Waals surface area (Å²) in [6.07, 6.45) is 1.20. The summed E-state index contributed by atoms with van der Waals surface area (Å²) in [4.78, 5) is 25.9. The molecule has 2 N–H and O–H groups in total. The lowest BCUT2D eigenvalue weighted by Crippen LogP contribution is -2.48. The molecule has 24 heavy (non-hydrogen) atoms. The highest BCUT2D eigenvalue weighted by Crippen LogP contribution is 2.22. The van der Waals surface area contributed by atoms with Crippen molar-refractivity contribution in [1.82, 2.24) is 10.2 Å². The van der Waals surface area contributed by atoms with Crippen LogP contribution in [-0.2, 0) is 4.79 Å². The van der Waals surface area contributed by atoms with Gasteiger partial charge in [0.15, 0.2) is 0 Å². The van der Waals surface area contributed by atoms with Gasteiger partial charge in [0.2, 0.25) is 5.91 Å². The molecule has 0 aliphatic carbocycles. The van der Waals surface area contributed by atoms with E-state index < -0.39 is 0 Å².